The Balaban J connectivity index is 2.02. The van der Waals surface area contributed by atoms with E-state index >= 15 is 0 Å². The molecule has 3 rings (SSSR count). The molecule has 1 aliphatic rings. The predicted molar refractivity (Wildman–Crippen MR) is 93.0 cm³/mol. The topological polar surface area (TPSA) is 29.9 Å². The Morgan fingerprint density at radius 3 is 2.76 bits per heavy atom. The third kappa shape index (κ3) is 2.86. The number of fused-ring (bicyclic) bond motifs is 1. The second-order valence-electron chi connectivity index (χ2n) is 5.85. The first kappa shape index (κ1) is 15.0. The van der Waals surface area contributed by atoms with Gasteiger partial charge in [0.2, 0.25) is 0 Å². The Morgan fingerprint density at radius 2 is 2.10 bits per heavy atom. The van der Waals surface area contributed by atoms with Crippen LogP contribution in [0, 0.1) is 4.77 Å². The van der Waals surface area contributed by atoms with Gasteiger partial charge in [-0.3, -0.25) is 0 Å². The summed E-state index contributed by atoms with van der Waals surface area (Å²) >= 11 is 7.56. The van der Waals surface area contributed by atoms with E-state index in [0.717, 1.165) is 28.1 Å². The second kappa shape index (κ2) is 6.05. The van der Waals surface area contributed by atoms with Crippen LogP contribution in [0.2, 0.25) is 0 Å². The monoisotopic (exact) mass is 322 g/mol. The van der Waals surface area contributed by atoms with E-state index in [4.69, 9.17) is 17.0 Å². The number of ether oxygens (including phenoxy) is 1. The van der Waals surface area contributed by atoms with Crippen molar-refractivity contribution in [2.45, 2.75) is 43.4 Å². The number of hydrogen-bond donors (Lipinski definition) is 1. The maximum atomic E-state index is 5.56. The van der Waals surface area contributed by atoms with Gasteiger partial charge in [-0.15, -0.1) is 0 Å². The first-order valence-electron chi connectivity index (χ1n) is 7.49. The summed E-state index contributed by atoms with van der Waals surface area (Å²) in [6.07, 6.45) is 8.85. The molecule has 21 heavy (non-hydrogen) atoms. The summed E-state index contributed by atoms with van der Waals surface area (Å²) in [5.74, 6) is 0.882. The number of thioether (sulfide) groups is 1. The molecule has 1 N–H and O–H groups in total. The van der Waals surface area contributed by atoms with Gasteiger partial charge in [-0.25, -0.2) is 0 Å². The van der Waals surface area contributed by atoms with Crippen molar-refractivity contribution < 1.29 is 4.74 Å². The lowest BCUT2D eigenvalue weighted by atomic mass is 9.88. The highest BCUT2D eigenvalue weighted by atomic mass is 32.2. The minimum absolute atomic E-state index is 0.328. The van der Waals surface area contributed by atoms with Crippen LogP contribution in [0.25, 0.3) is 11.0 Å². The molecule has 0 amide bonds. The molecule has 1 saturated carbocycles. The summed E-state index contributed by atoms with van der Waals surface area (Å²) in [5, 5.41) is 0. The molecule has 0 radical (unpaired) electrons. The molecule has 114 valence electrons. The van der Waals surface area contributed by atoms with E-state index in [0.29, 0.717) is 4.75 Å². The van der Waals surface area contributed by atoms with Gasteiger partial charge in [0.25, 0.3) is 0 Å². The standard InChI is InChI=1S/C16H22N2OS2/c1-19-12-6-7-13-14(10-12)18(15(20)17-13)11-16(21-2)8-4-3-5-9-16/h6-7,10H,3-5,8-9,11H2,1-2H3,(H,17,20). The maximum absolute atomic E-state index is 5.56. The van der Waals surface area contributed by atoms with E-state index in [1.807, 2.05) is 23.9 Å². The summed E-state index contributed by atoms with van der Waals surface area (Å²) < 4.78 is 8.77. The average molecular weight is 322 g/mol. The Kier molecular flexibility index (Phi) is 4.31. The lowest BCUT2D eigenvalue weighted by Crippen LogP contribution is -2.33. The number of rotatable bonds is 4. The summed E-state index contributed by atoms with van der Waals surface area (Å²) in [5.41, 5.74) is 2.24. The van der Waals surface area contributed by atoms with Gasteiger partial charge in [0.15, 0.2) is 4.77 Å². The first-order valence-corrected chi connectivity index (χ1v) is 9.12. The molecule has 0 unspecified atom stereocenters. The van der Waals surface area contributed by atoms with Crippen molar-refractivity contribution in [1.82, 2.24) is 9.55 Å². The minimum atomic E-state index is 0.328. The fourth-order valence-corrected chi connectivity index (χ4v) is 4.56. The number of benzene rings is 1. The summed E-state index contributed by atoms with van der Waals surface area (Å²) in [6, 6.07) is 6.11. The second-order valence-corrected chi connectivity index (χ2v) is 7.51. The lowest BCUT2D eigenvalue weighted by Gasteiger charge is -2.36. The van der Waals surface area contributed by atoms with Crippen molar-refractivity contribution in [3.8, 4) is 5.75 Å². The number of aromatic nitrogens is 2. The van der Waals surface area contributed by atoms with Crippen molar-refractivity contribution in [1.29, 1.82) is 0 Å². The summed E-state index contributed by atoms with van der Waals surface area (Å²) in [6.45, 7) is 0.986. The molecular weight excluding hydrogens is 300 g/mol. The van der Waals surface area contributed by atoms with Gasteiger partial charge in [-0.05, 0) is 43.4 Å². The van der Waals surface area contributed by atoms with Crippen molar-refractivity contribution in [2.24, 2.45) is 0 Å². The molecule has 3 nitrogen and oxygen atoms in total. The van der Waals surface area contributed by atoms with Gasteiger partial charge in [0.1, 0.15) is 5.75 Å². The van der Waals surface area contributed by atoms with Gasteiger partial charge in [-0.1, -0.05) is 19.3 Å². The van der Waals surface area contributed by atoms with Crippen molar-refractivity contribution in [2.75, 3.05) is 13.4 Å². The van der Waals surface area contributed by atoms with Crippen LogP contribution in [0.5, 0.6) is 5.75 Å². The summed E-state index contributed by atoms with van der Waals surface area (Å²) in [7, 11) is 1.71. The quantitative estimate of drug-likeness (QED) is 0.822. The van der Waals surface area contributed by atoms with Crippen LogP contribution >= 0.6 is 24.0 Å². The molecule has 0 atom stereocenters. The van der Waals surface area contributed by atoms with Crippen LogP contribution in [0.15, 0.2) is 18.2 Å². The van der Waals surface area contributed by atoms with E-state index in [2.05, 4.69) is 21.9 Å². The van der Waals surface area contributed by atoms with Crippen molar-refractivity contribution in [3.05, 3.63) is 23.0 Å². The summed E-state index contributed by atoms with van der Waals surface area (Å²) in [4.78, 5) is 3.32. The smallest absolute Gasteiger partial charge is 0.178 e. The Hall–Kier alpha value is -0.940. The number of hydrogen-bond acceptors (Lipinski definition) is 3. The van der Waals surface area contributed by atoms with Crippen molar-refractivity contribution >= 4 is 35.0 Å². The largest absolute Gasteiger partial charge is 0.497 e. The number of methoxy groups -OCH3 is 1. The normalized spacial score (nSPS) is 18.0. The zero-order valence-corrected chi connectivity index (χ0v) is 14.3. The first-order chi connectivity index (χ1) is 10.2. The number of nitrogens with zero attached hydrogens (tertiary/aromatic N) is 1. The molecule has 1 fully saturated rings. The van der Waals surface area contributed by atoms with E-state index in [1.165, 1.54) is 32.1 Å². The van der Waals surface area contributed by atoms with E-state index in [1.54, 1.807) is 7.11 Å². The SMILES string of the molecule is COc1ccc2[nH]c(=S)n(CC3(SC)CCCCC3)c2c1. The number of H-pyrrole nitrogens is 1. The van der Waals surface area contributed by atoms with Crippen LogP contribution in [-0.4, -0.2) is 27.7 Å². The van der Waals surface area contributed by atoms with Gasteiger partial charge < -0.3 is 14.3 Å². The highest BCUT2D eigenvalue weighted by Crippen LogP contribution is 2.40. The molecule has 0 spiro atoms. The molecular formula is C16H22N2OS2. The molecule has 1 aliphatic carbocycles. The van der Waals surface area contributed by atoms with Crippen LogP contribution in [0.1, 0.15) is 32.1 Å². The average Bonchev–Trinajstić information content (AvgIpc) is 2.83. The van der Waals surface area contributed by atoms with Gasteiger partial charge in [0.05, 0.1) is 18.1 Å². The van der Waals surface area contributed by atoms with Gasteiger partial charge in [-0.2, -0.15) is 11.8 Å². The highest BCUT2D eigenvalue weighted by Gasteiger charge is 2.32. The molecule has 1 aromatic heterocycles. The number of nitrogens with one attached hydrogen (secondary N) is 1. The zero-order valence-electron chi connectivity index (χ0n) is 12.6. The van der Waals surface area contributed by atoms with Crippen LogP contribution in [0.3, 0.4) is 0 Å². The Morgan fingerprint density at radius 1 is 1.33 bits per heavy atom. The number of imidazole rings is 1. The highest BCUT2D eigenvalue weighted by molar-refractivity contribution is 8.00. The Labute approximate surface area is 135 Å². The van der Waals surface area contributed by atoms with Crippen LogP contribution < -0.4 is 4.74 Å². The minimum Gasteiger partial charge on any atom is -0.497 e. The van der Waals surface area contributed by atoms with E-state index < -0.39 is 0 Å². The van der Waals surface area contributed by atoms with Gasteiger partial charge >= 0.3 is 0 Å². The third-order valence-corrected chi connectivity index (χ3v) is 6.35. The maximum Gasteiger partial charge on any atom is 0.178 e. The predicted octanol–water partition coefficient (Wildman–Crippen LogP) is 4.77. The molecule has 0 aliphatic heterocycles. The van der Waals surface area contributed by atoms with Crippen molar-refractivity contribution in [3.63, 3.8) is 0 Å². The zero-order chi connectivity index (χ0) is 14.9. The number of aromatic amines is 1. The fraction of sp³-hybridized carbons (Fsp3) is 0.562. The third-order valence-electron chi connectivity index (χ3n) is 4.63. The molecule has 0 saturated heterocycles. The van der Waals surface area contributed by atoms with E-state index in [-0.39, 0.29) is 0 Å². The van der Waals surface area contributed by atoms with E-state index in [9.17, 15) is 0 Å². The molecule has 0 bridgehead atoms. The molecule has 2 aromatic rings. The Bertz CT molecular complexity index is 683. The molecule has 1 heterocycles. The van der Waals surface area contributed by atoms with Crippen LogP contribution in [0.4, 0.5) is 0 Å². The van der Waals surface area contributed by atoms with Gasteiger partial charge in [0, 0.05) is 17.4 Å². The fourth-order valence-electron chi connectivity index (χ4n) is 3.33. The molecule has 5 heteroatoms. The molecule has 1 aromatic carbocycles. The lowest BCUT2D eigenvalue weighted by molar-refractivity contribution is 0.360. The van der Waals surface area contributed by atoms with Crippen LogP contribution in [-0.2, 0) is 6.54 Å².